The molecule has 0 aliphatic carbocycles. The van der Waals surface area contributed by atoms with Gasteiger partial charge >= 0.3 is 0 Å². The van der Waals surface area contributed by atoms with Gasteiger partial charge in [0.1, 0.15) is 17.6 Å². The standard InChI is InChI=1S/C22H21N3O3/c1-3-27-20-10-16-9-14(2)28-19(16)11-18(20)25-22(26)17-12-23-21(24-13-17)15-7-5-4-6-8-15/h4-8,10-14H,3,9H2,1-2H3,(H,25,26). The van der Waals surface area contributed by atoms with Crippen molar-refractivity contribution in [2.24, 2.45) is 0 Å². The summed E-state index contributed by atoms with van der Waals surface area (Å²) in [5.41, 5.74) is 2.94. The van der Waals surface area contributed by atoms with Crippen LogP contribution >= 0.6 is 0 Å². The minimum absolute atomic E-state index is 0.120. The van der Waals surface area contributed by atoms with Crippen LogP contribution in [0.2, 0.25) is 0 Å². The third-order valence-corrected chi connectivity index (χ3v) is 4.49. The number of fused-ring (bicyclic) bond motifs is 1. The molecule has 1 N–H and O–H groups in total. The number of amides is 1. The van der Waals surface area contributed by atoms with Crippen molar-refractivity contribution in [2.75, 3.05) is 11.9 Å². The topological polar surface area (TPSA) is 73.3 Å². The molecule has 0 bridgehead atoms. The molecule has 1 aliphatic rings. The Bertz CT molecular complexity index is 988. The summed E-state index contributed by atoms with van der Waals surface area (Å²) < 4.78 is 11.5. The van der Waals surface area contributed by atoms with Crippen LogP contribution in [0.3, 0.4) is 0 Å². The van der Waals surface area contributed by atoms with Crippen LogP contribution in [0.5, 0.6) is 11.5 Å². The second-order valence-electron chi connectivity index (χ2n) is 6.64. The highest BCUT2D eigenvalue weighted by atomic mass is 16.5. The van der Waals surface area contributed by atoms with Crippen LogP contribution in [-0.2, 0) is 6.42 Å². The van der Waals surface area contributed by atoms with Gasteiger partial charge in [0.2, 0.25) is 0 Å². The number of carbonyl (C=O) groups is 1. The van der Waals surface area contributed by atoms with Gasteiger partial charge in [-0.2, -0.15) is 0 Å². The highest BCUT2D eigenvalue weighted by Crippen LogP contribution is 2.38. The Balaban J connectivity index is 1.56. The number of hydrogen-bond donors (Lipinski definition) is 1. The summed E-state index contributed by atoms with van der Waals surface area (Å²) in [7, 11) is 0. The zero-order valence-corrected chi connectivity index (χ0v) is 15.8. The van der Waals surface area contributed by atoms with Crippen molar-refractivity contribution < 1.29 is 14.3 Å². The zero-order valence-electron chi connectivity index (χ0n) is 15.8. The van der Waals surface area contributed by atoms with Crippen molar-refractivity contribution in [3.8, 4) is 22.9 Å². The SMILES string of the molecule is CCOc1cc2c(cc1NC(=O)c1cnc(-c3ccccc3)nc1)OC(C)C2. The number of nitrogens with one attached hydrogen (secondary N) is 1. The second kappa shape index (κ2) is 7.68. The Kier molecular flexibility index (Phi) is 4.93. The van der Waals surface area contributed by atoms with Crippen molar-refractivity contribution >= 4 is 11.6 Å². The molecule has 142 valence electrons. The van der Waals surface area contributed by atoms with E-state index < -0.39 is 0 Å². The van der Waals surface area contributed by atoms with Crippen molar-refractivity contribution in [3.05, 3.63) is 66.0 Å². The van der Waals surface area contributed by atoms with Crippen LogP contribution in [0.4, 0.5) is 5.69 Å². The molecule has 2 heterocycles. The Labute approximate surface area is 163 Å². The van der Waals surface area contributed by atoms with Crippen molar-refractivity contribution in [3.63, 3.8) is 0 Å². The number of carbonyl (C=O) groups excluding carboxylic acids is 1. The molecule has 1 amide bonds. The summed E-state index contributed by atoms with van der Waals surface area (Å²) in [6, 6.07) is 13.4. The van der Waals surface area contributed by atoms with Gasteiger partial charge in [0.25, 0.3) is 5.91 Å². The van der Waals surface area contributed by atoms with Gasteiger partial charge in [0, 0.05) is 36.0 Å². The van der Waals surface area contributed by atoms with Gasteiger partial charge < -0.3 is 14.8 Å². The third kappa shape index (κ3) is 3.67. The van der Waals surface area contributed by atoms with Crippen LogP contribution in [0.15, 0.2) is 54.9 Å². The maximum absolute atomic E-state index is 12.7. The number of ether oxygens (including phenoxy) is 2. The van der Waals surface area contributed by atoms with E-state index in [9.17, 15) is 4.79 Å². The molecule has 0 spiro atoms. The Hall–Kier alpha value is -3.41. The lowest BCUT2D eigenvalue weighted by atomic mass is 10.1. The Morgan fingerprint density at radius 1 is 1.21 bits per heavy atom. The molecule has 4 rings (SSSR count). The normalized spacial score (nSPS) is 14.9. The Morgan fingerprint density at radius 3 is 2.68 bits per heavy atom. The highest BCUT2D eigenvalue weighted by molar-refractivity contribution is 6.04. The highest BCUT2D eigenvalue weighted by Gasteiger charge is 2.23. The first-order valence-corrected chi connectivity index (χ1v) is 9.29. The summed E-state index contributed by atoms with van der Waals surface area (Å²) in [6.45, 7) is 4.44. The predicted octanol–water partition coefficient (Wildman–Crippen LogP) is 4.12. The summed E-state index contributed by atoms with van der Waals surface area (Å²) in [5, 5.41) is 2.89. The Morgan fingerprint density at radius 2 is 1.96 bits per heavy atom. The first-order valence-electron chi connectivity index (χ1n) is 9.29. The molecule has 2 aromatic carbocycles. The number of benzene rings is 2. The lowest BCUT2D eigenvalue weighted by Crippen LogP contribution is -2.14. The van der Waals surface area contributed by atoms with Crippen LogP contribution in [0, 0.1) is 0 Å². The van der Waals surface area contributed by atoms with Crippen LogP contribution in [0.1, 0.15) is 29.8 Å². The van der Waals surface area contributed by atoms with E-state index in [-0.39, 0.29) is 12.0 Å². The lowest BCUT2D eigenvalue weighted by Gasteiger charge is -2.13. The molecule has 1 aromatic heterocycles. The van der Waals surface area contributed by atoms with Crippen LogP contribution < -0.4 is 14.8 Å². The molecule has 6 nitrogen and oxygen atoms in total. The first kappa shape index (κ1) is 18.0. The molecular formula is C22H21N3O3. The minimum Gasteiger partial charge on any atom is -0.492 e. The van der Waals surface area contributed by atoms with Crippen LogP contribution in [0.25, 0.3) is 11.4 Å². The number of nitrogens with zero attached hydrogens (tertiary/aromatic N) is 2. The van der Waals surface area contributed by atoms with E-state index in [0.717, 1.165) is 23.3 Å². The summed E-state index contributed by atoms with van der Waals surface area (Å²) >= 11 is 0. The average Bonchev–Trinajstić information content (AvgIpc) is 3.08. The van der Waals surface area contributed by atoms with Crippen molar-refractivity contribution in [1.29, 1.82) is 0 Å². The maximum atomic E-state index is 12.7. The van der Waals surface area contributed by atoms with Crippen LogP contribution in [-0.4, -0.2) is 28.6 Å². The fourth-order valence-corrected chi connectivity index (χ4v) is 3.19. The van der Waals surface area contributed by atoms with Gasteiger partial charge in [0.05, 0.1) is 17.9 Å². The molecule has 0 saturated carbocycles. The molecule has 0 saturated heterocycles. The molecule has 6 heteroatoms. The van der Waals surface area contributed by atoms with Gasteiger partial charge in [-0.05, 0) is 19.9 Å². The van der Waals surface area contributed by atoms with E-state index in [0.29, 0.717) is 29.4 Å². The average molecular weight is 375 g/mol. The van der Waals surface area contributed by atoms with Gasteiger partial charge in [-0.25, -0.2) is 9.97 Å². The van der Waals surface area contributed by atoms with E-state index in [4.69, 9.17) is 9.47 Å². The fourth-order valence-electron chi connectivity index (χ4n) is 3.19. The largest absolute Gasteiger partial charge is 0.492 e. The molecule has 3 aromatic rings. The molecule has 1 atom stereocenters. The number of anilines is 1. The van der Waals surface area contributed by atoms with Gasteiger partial charge in [-0.15, -0.1) is 0 Å². The van der Waals surface area contributed by atoms with Gasteiger partial charge in [-0.1, -0.05) is 30.3 Å². The summed E-state index contributed by atoms with van der Waals surface area (Å²) in [5.74, 6) is 1.69. The van der Waals surface area contributed by atoms with E-state index in [1.54, 1.807) is 0 Å². The van der Waals surface area contributed by atoms with Crippen molar-refractivity contribution in [2.45, 2.75) is 26.4 Å². The number of aromatic nitrogens is 2. The smallest absolute Gasteiger partial charge is 0.258 e. The molecule has 28 heavy (non-hydrogen) atoms. The molecule has 1 aliphatic heterocycles. The second-order valence-corrected chi connectivity index (χ2v) is 6.64. The summed E-state index contributed by atoms with van der Waals surface area (Å²) in [6.07, 6.45) is 4.00. The third-order valence-electron chi connectivity index (χ3n) is 4.49. The monoisotopic (exact) mass is 375 g/mol. The number of hydrogen-bond acceptors (Lipinski definition) is 5. The van der Waals surface area contributed by atoms with E-state index in [2.05, 4.69) is 15.3 Å². The summed E-state index contributed by atoms with van der Waals surface area (Å²) in [4.78, 5) is 21.3. The number of rotatable bonds is 5. The predicted molar refractivity (Wildman–Crippen MR) is 107 cm³/mol. The zero-order chi connectivity index (χ0) is 19.5. The van der Waals surface area contributed by atoms with E-state index in [1.807, 2.05) is 56.3 Å². The van der Waals surface area contributed by atoms with E-state index >= 15 is 0 Å². The fraction of sp³-hybridized carbons (Fsp3) is 0.227. The molecule has 0 radical (unpaired) electrons. The minimum atomic E-state index is -0.299. The quantitative estimate of drug-likeness (QED) is 0.726. The first-order chi connectivity index (χ1) is 13.6. The molecule has 0 fully saturated rings. The molecular weight excluding hydrogens is 354 g/mol. The van der Waals surface area contributed by atoms with E-state index in [1.165, 1.54) is 12.4 Å². The lowest BCUT2D eigenvalue weighted by molar-refractivity contribution is 0.102. The van der Waals surface area contributed by atoms with Crippen molar-refractivity contribution in [1.82, 2.24) is 9.97 Å². The van der Waals surface area contributed by atoms with Gasteiger partial charge in [0.15, 0.2) is 5.82 Å². The van der Waals surface area contributed by atoms with Gasteiger partial charge in [-0.3, -0.25) is 4.79 Å². The molecule has 1 unspecified atom stereocenters. The maximum Gasteiger partial charge on any atom is 0.258 e.